The third kappa shape index (κ3) is 6.88. The summed E-state index contributed by atoms with van der Waals surface area (Å²) in [5.74, 6) is 2.56. The van der Waals surface area contributed by atoms with Crippen LogP contribution in [-0.4, -0.2) is 69.4 Å². The maximum absolute atomic E-state index is 6.15. The highest BCUT2D eigenvalue weighted by atomic mass is 32.1. The quantitative estimate of drug-likeness (QED) is 0.177. The first kappa shape index (κ1) is 28.1. The van der Waals surface area contributed by atoms with Crippen molar-refractivity contribution in [1.82, 2.24) is 9.80 Å². The third-order valence-electron chi connectivity index (χ3n) is 8.41. The molecule has 216 valence electrons. The Morgan fingerprint density at radius 1 is 0.732 bits per heavy atom. The molecular formula is C35H42N2O3S. The van der Waals surface area contributed by atoms with E-state index in [1.54, 1.807) is 7.11 Å². The van der Waals surface area contributed by atoms with Crippen molar-refractivity contribution in [2.75, 3.05) is 59.6 Å². The fourth-order valence-electron chi connectivity index (χ4n) is 6.10. The first-order chi connectivity index (χ1) is 20.2. The Morgan fingerprint density at radius 2 is 1.41 bits per heavy atom. The summed E-state index contributed by atoms with van der Waals surface area (Å²) in [7, 11) is 1.73. The second-order valence-corrected chi connectivity index (χ2v) is 12.4. The average Bonchev–Trinajstić information content (AvgIpc) is 3.77. The van der Waals surface area contributed by atoms with Crippen LogP contribution in [0.1, 0.15) is 42.4 Å². The Hall–Kier alpha value is -3.06. The van der Waals surface area contributed by atoms with Gasteiger partial charge >= 0.3 is 0 Å². The SMILES string of the molecule is COc1cc(Cc2c(-c3ccc(OCCN4CCCC4)cc3)sc3cc(C)ccc23)ccc1OCCN1CCCC1. The van der Waals surface area contributed by atoms with E-state index < -0.39 is 0 Å². The Kier molecular flexibility index (Phi) is 9.10. The molecule has 0 amide bonds. The number of hydrogen-bond donors (Lipinski definition) is 0. The van der Waals surface area contributed by atoms with Gasteiger partial charge in [0.1, 0.15) is 19.0 Å². The highest BCUT2D eigenvalue weighted by Crippen LogP contribution is 2.41. The van der Waals surface area contributed by atoms with Crippen molar-refractivity contribution < 1.29 is 14.2 Å². The highest BCUT2D eigenvalue weighted by Gasteiger charge is 2.17. The van der Waals surface area contributed by atoms with Gasteiger partial charge in [-0.05, 0) is 135 Å². The maximum atomic E-state index is 6.15. The molecule has 2 aliphatic rings. The van der Waals surface area contributed by atoms with Crippen LogP contribution in [0.15, 0.2) is 60.7 Å². The van der Waals surface area contributed by atoms with Crippen molar-refractivity contribution in [3.63, 3.8) is 0 Å². The second kappa shape index (κ2) is 13.3. The molecule has 0 atom stereocenters. The van der Waals surface area contributed by atoms with Gasteiger partial charge in [-0.1, -0.05) is 18.2 Å². The summed E-state index contributed by atoms with van der Waals surface area (Å²) in [4.78, 5) is 6.28. The van der Waals surface area contributed by atoms with E-state index in [4.69, 9.17) is 14.2 Å². The largest absolute Gasteiger partial charge is 0.493 e. The fraction of sp³-hybridized carbons (Fsp3) is 0.429. The molecule has 3 aromatic carbocycles. The minimum Gasteiger partial charge on any atom is -0.493 e. The maximum Gasteiger partial charge on any atom is 0.161 e. The van der Waals surface area contributed by atoms with Crippen molar-refractivity contribution in [3.05, 3.63) is 77.4 Å². The highest BCUT2D eigenvalue weighted by molar-refractivity contribution is 7.22. The molecule has 0 N–H and O–H groups in total. The van der Waals surface area contributed by atoms with E-state index >= 15 is 0 Å². The molecule has 0 bridgehead atoms. The Labute approximate surface area is 248 Å². The van der Waals surface area contributed by atoms with E-state index in [1.807, 2.05) is 11.3 Å². The zero-order valence-electron chi connectivity index (χ0n) is 24.5. The predicted molar refractivity (Wildman–Crippen MR) is 170 cm³/mol. The van der Waals surface area contributed by atoms with E-state index in [0.717, 1.165) is 43.4 Å². The topological polar surface area (TPSA) is 34.2 Å². The molecule has 4 aromatic rings. The number of hydrogen-bond acceptors (Lipinski definition) is 6. The number of thiophene rings is 1. The van der Waals surface area contributed by atoms with Crippen LogP contribution in [-0.2, 0) is 6.42 Å². The normalized spacial score (nSPS) is 16.0. The Morgan fingerprint density at radius 3 is 2.10 bits per heavy atom. The average molecular weight is 571 g/mol. The third-order valence-corrected chi connectivity index (χ3v) is 9.66. The predicted octanol–water partition coefficient (Wildman–Crippen LogP) is 7.43. The molecule has 2 fully saturated rings. The van der Waals surface area contributed by atoms with E-state index in [2.05, 4.69) is 77.4 Å². The van der Waals surface area contributed by atoms with Crippen molar-refractivity contribution >= 4 is 21.4 Å². The lowest BCUT2D eigenvalue weighted by atomic mass is 9.98. The summed E-state index contributed by atoms with van der Waals surface area (Å²) in [6, 6.07) is 21.9. The molecule has 6 heteroatoms. The number of ether oxygens (including phenoxy) is 3. The van der Waals surface area contributed by atoms with Crippen molar-refractivity contribution in [2.24, 2.45) is 0 Å². The lowest BCUT2D eigenvalue weighted by Gasteiger charge is -2.17. The molecule has 5 nitrogen and oxygen atoms in total. The number of fused-ring (bicyclic) bond motifs is 1. The minimum atomic E-state index is 0.687. The number of likely N-dealkylation sites (tertiary alicyclic amines) is 2. The van der Waals surface area contributed by atoms with E-state index in [-0.39, 0.29) is 0 Å². The molecule has 41 heavy (non-hydrogen) atoms. The molecule has 0 saturated carbocycles. The van der Waals surface area contributed by atoms with Gasteiger partial charge in [-0.25, -0.2) is 0 Å². The van der Waals surface area contributed by atoms with Gasteiger partial charge in [0.25, 0.3) is 0 Å². The van der Waals surface area contributed by atoms with Crippen LogP contribution in [0.4, 0.5) is 0 Å². The van der Waals surface area contributed by atoms with Crippen LogP contribution >= 0.6 is 11.3 Å². The summed E-state index contributed by atoms with van der Waals surface area (Å²) < 4.78 is 19.3. The number of rotatable bonds is 12. The summed E-state index contributed by atoms with van der Waals surface area (Å²) >= 11 is 1.88. The number of benzene rings is 3. The summed E-state index contributed by atoms with van der Waals surface area (Å²) in [6.07, 6.45) is 6.06. The number of nitrogens with zero attached hydrogens (tertiary/aromatic N) is 2. The van der Waals surface area contributed by atoms with Gasteiger partial charge in [0.15, 0.2) is 11.5 Å². The van der Waals surface area contributed by atoms with Gasteiger partial charge in [0.05, 0.1) is 7.11 Å². The van der Waals surface area contributed by atoms with Gasteiger partial charge in [-0.2, -0.15) is 0 Å². The molecular weight excluding hydrogens is 528 g/mol. The number of methoxy groups -OCH3 is 1. The molecule has 0 aliphatic carbocycles. The van der Waals surface area contributed by atoms with E-state index in [1.165, 1.54) is 89.1 Å². The molecule has 2 saturated heterocycles. The molecule has 3 heterocycles. The van der Waals surface area contributed by atoms with Crippen LogP contribution in [0, 0.1) is 6.92 Å². The molecule has 2 aliphatic heterocycles. The van der Waals surface area contributed by atoms with Gasteiger partial charge in [-0.15, -0.1) is 11.3 Å². The van der Waals surface area contributed by atoms with Gasteiger partial charge < -0.3 is 14.2 Å². The Balaban J connectivity index is 1.19. The van der Waals surface area contributed by atoms with Crippen molar-refractivity contribution in [3.8, 4) is 27.7 Å². The van der Waals surface area contributed by atoms with Crippen LogP contribution in [0.2, 0.25) is 0 Å². The van der Waals surface area contributed by atoms with E-state index in [9.17, 15) is 0 Å². The first-order valence-electron chi connectivity index (χ1n) is 15.2. The standard InChI is InChI=1S/C35H42N2O3S/c1-26-7-13-30-31(24-27-8-14-32(33(25-27)38-2)40-22-20-37-17-5-6-18-37)35(41-34(30)23-26)28-9-11-29(12-10-28)39-21-19-36-15-3-4-16-36/h7-14,23,25H,3-6,15-22,24H2,1-2H3. The molecule has 0 unspecified atom stereocenters. The van der Waals surface area contributed by atoms with Crippen LogP contribution in [0.25, 0.3) is 20.5 Å². The van der Waals surface area contributed by atoms with Gasteiger partial charge in [-0.3, -0.25) is 9.80 Å². The van der Waals surface area contributed by atoms with Crippen LogP contribution in [0.5, 0.6) is 17.2 Å². The fourth-order valence-corrected chi connectivity index (χ4v) is 7.43. The molecule has 1 aromatic heterocycles. The number of aryl methyl sites for hydroxylation is 1. The van der Waals surface area contributed by atoms with Crippen molar-refractivity contribution in [1.29, 1.82) is 0 Å². The van der Waals surface area contributed by atoms with Crippen molar-refractivity contribution in [2.45, 2.75) is 39.0 Å². The molecule has 0 spiro atoms. The first-order valence-corrected chi connectivity index (χ1v) is 16.0. The lowest BCUT2D eigenvalue weighted by Crippen LogP contribution is -2.25. The molecule has 0 radical (unpaired) electrons. The minimum absolute atomic E-state index is 0.687. The monoisotopic (exact) mass is 570 g/mol. The molecule has 6 rings (SSSR count). The van der Waals surface area contributed by atoms with Crippen LogP contribution in [0.3, 0.4) is 0 Å². The van der Waals surface area contributed by atoms with Gasteiger partial charge in [0.2, 0.25) is 0 Å². The zero-order chi connectivity index (χ0) is 28.0. The second-order valence-electron chi connectivity index (χ2n) is 11.4. The smallest absolute Gasteiger partial charge is 0.161 e. The van der Waals surface area contributed by atoms with Gasteiger partial charge in [0, 0.05) is 22.7 Å². The van der Waals surface area contributed by atoms with E-state index in [0.29, 0.717) is 6.61 Å². The van der Waals surface area contributed by atoms with Crippen LogP contribution < -0.4 is 14.2 Å². The summed E-state index contributed by atoms with van der Waals surface area (Å²) in [6.45, 7) is 10.4. The summed E-state index contributed by atoms with van der Waals surface area (Å²) in [5, 5.41) is 1.33. The summed E-state index contributed by atoms with van der Waals surface area (Å²) in [5.41, 5.74) is 5.10. The Bertz CT molecular complexity index is 1440. The lowest BCUT2D eigenvalue weighted by molar-refractivity contribution is 0.230. The zero-order valence-corrected chi connectivity index (χ0v) is 25.3.